The molecule has 0 unspecified atom stereocenters. The highest BCUT2D eigenvalue weighted by Gasteiger charge is 1.90. The number of ether oxygens (including phenoxy) is 3. The number of hydrogen-bond donors (Lipinski definition) is 1. The summed E-state index contributed by atoms with van der Waals surface area (Å²) in [7, 11) is 0. The van der Waals surface area contributed by atoms with Crippen molar-refractivity contribution in [2.24, 2.45) is 0 Å². The molecule has 0 radical (unpaired) electrons. The van der Waals surface area contributed by atoms with Gasteiger partial charge in [0.25, 0.3) is 0 Å². The van der Waals surface area contributed by atoms with Gasteiger partial charge in [-0.25, -0.2) is 0 Å². The number of thioether (sulfide) groups is 3. The Labute approximate surface area is 271 Å². The zero-order valence-corrected chi connectivity index (χ0v) is 28.3. The van der Waals surface area contributed by atoms with Crippen LogP contribution in [-0.2, 0) is 14.2 Å². The average molecular weight is 636 g/mol. The van der Waals surface area contributed by atoms with E-state index in [-0.39, 0.29) is 0 Å². The van der Waals surface area contributed by atoms with Gasteiger partial charge in [0, 0.05) is 18.1 Å². The zero-order valence-electron chi connectivity index (χ0n) is 25.9. The second kappa shape index (κ2) is 35.6. The van der Waals surface area contributed by atoms with Gasteiger partial charge in [-0.3, -0.25) is 0 Å². The molecule has 238 valence electrons. The molecule has 0 saturated carbocycles. The minimum absolute atomic E-state index is 0.691. The van der Waals surface area contributed by atoms with Crippen LogP contribution in [0, 0.1) is 0 Å². The molecule has 0 aromatic heterocycles. The first-order valence-corrected chi connectivity index (χ1v) is 19.1. The normalized spacial score (nSPS) is 20.6. The first-order chi connectivity index (χ1) is 21.0. The van der Waals surface area contributed by atoms with Crippen molar-refractivity contribution in [3.63, 3.8) is 0 Å². The van der Waals surface area contributed by atoms with Gasteiger partial charge in [-0.1, -0.05) is 36.5 Å². The summed E-state index contributed by atoms with van der Waals surface area (Å²) >= 11 is 5.70. The smallest absolute Gasteiger partial charge is 0.121 e. The van der Waals surface area contributed by atoms with E-state index in [1.54, 1.807) is 18.8 Å². The highest BCUT2D eigenvalue weighted by Crippen LogP contribution is 2.16. The summed E-state index contributed by atoms with van der Waals surface area (Å²) in [5.74, 6) is 3.92. The van der Waals surface area contributed by atoms with Crippen LogP contribution in [0.4, 0.5) is 0 Å². The summed E-state index contributed by atoms with van der Waals surface area (Å²) < 4.78 is 14.4. The largest absolute Gasteiger partial charge is 0.502 e. The fraction of sp³-hybridized carbons (Fsp3) is 0.600. The predicted molar refractivity (Wildman–Crippen MR) is 192 cm³/mol. The minimum atomic E-state index is 0.691. The summed E-state index contributed by atoms with van der Waals surface area (Å²) in [6, 6.07) is 0. The highest BCUT2D eigenvalue weighted by atomic mass is 32.2. The molecular weight excluding hydrogens is 579 g/mol. The SMILES string of the molecule is C1=CCCCC1.C1=CCCCC1.C1=CNCCC1.C1=COCCC1.C1=COCCO1.C1=CSCCC1.C1=CSCCS1. The summed E-state index contributed by atoms with van der Waals surface area (Å²) in [4.78, 5) is 0. The van der Waals surface area contributed by atoms with E-state index >= 15 is 0 Å². The van der Waals surface area contributed by atoms with Crippen LogP contribution < -0.4 is 5.32 Å². The lowest BCUT2D eigenvalue weighted by Crippen LogP contribution is -2.09. The number of rotatable bonds is 0. The molecule has 0 saturated heterocycles. The van der Waals surface area contributed by atoms with Crippen molar-refractivity contribution in [2.45, 2.75) is 89.9 Å². The van der Waals surface area contributed by atoms with Crippen LogP contribution in [0.3, 0.4) is 0 Å². The third-order valence-corrected chi connectivity index (χ3v) is 8.91. The summed E-state index contributed by atoms with van der Waals surface area (Å²) in [6.07, 6.45) is 40.9. The Kier molecular flexibility index (Phi) is 32.6. The Hall–Kier alpha value is -1.57. The zero-order chi connectivity index (χ0) is 29.7. The Bertz CT molecular complexity index is 530. The second-order valence-electron chi connectivity index (χ2n) is 9.81. The van der Waals surface area contributed by atoms with E-state index in [4.69, 9.17) is 14.2 Å². The average Bonchev–Trinajstić information content (AvgIpc) is 3.15. The molecule has 0 bridgehead atoms. The fourth-order valence-corrected chi connectivity index (χ4v) is 6.10. The molecule has 42 heavy (non-hydrogen) atoms. The molecule has 7 heteroatoms. The van der Waals surface area contributed by atoms with E-state index < -0.39 is 0 Å². The fourth-order valence-electron chi connectivity index (χ4n) is 3.69. The Morgan fingerprint density at radius 2 is 0.929 bits per heavy atom. The van der Waals surface area contributed by atoms with Gasteiger partial charge in [0.2, 0.25) is 0 Å². The molecule has 5 aliphatic heterocycles. The molecule has 0 fully saturated rings. The van der Waals surface area contributed by atoms with Crippen LogP contribution in [0.5, 0.6) is 0 Å². The van der Waals surface area contributed by atoms with Crippen LogP contribution in [-0.4, -0.2) is 43.6 Å². The van der Waals surface area contributed by atoms with Crippen molar-refractivity contribution in [3.8, 4) is 0 Å². The third kappa shape index (κ3) is 32.9. The second-order valence-corrected chi connectivity index (χ2v) is 12.8. The van der Waals surface area contributed by atoms with E-state index in [9.17, 15) is 0 Å². The maximum atomic E-state index is 4.89. The van der Waals surface area contributed by atoms with E-state index in [2.05, 4.69) is 58.0 Å². The quantitative estimate of drug-likeness (QED) is 0.266. The molecule has 2 aliphatic carbocycles. The number of hydrogen-bond acceptors (Lipinski definition) is 7. The lowest BCUT2D eigenvalue weighted by atomic mass is 10.1. The van der Waals surface area contributed by atoms with Crippen molar-refractivity contribution < 1.29 is 14.2 Å². The van der Waals surface area contributed by atoms with Gasteiger partial charge in [-0.15, -0.1) is 35.3 Å². The van der Waals surface area contributed by atoms with Gasteiger partial charge in [-0.2, -0.15) is 0 Å². The first-order valence-electron chi connectivity index (χ1n) is 16.0. The molecule has 1 N–H and O–H groups in total. The Morgan fingerprint density at radius 3 is 1.07 bits per heavy atom. The van der Waals surface area contributed by atoms with Gasteiger partial charge >= 0.3 is 0 Å². The first kappa shape index (κ1) is 38.5. The number of nitrogens with one attached hydrogen (secondary N) is 1. The van der Waals surface area contributed by atoms with Crippen molar-refractivity contribution in [2.75, 3.05) is 43.6 Å². The molecule has 0 spiro atoms. The molecule has 7 rings (SSSR count). The minimum Gasteiger partial charge on any atom is -0.502 e. The lowest BCUT2D eigenvalue weighted by molar-refractivity contribution is 0.108. The summed E-state index contributed by atoms with van der Waals surface area (Å²) in [6.45, 7) is 3.46. The molecular formula is C35H57NO3S3. The van der Waals surface area contributed by atoms with E-state index in [0.29, 0.717) is 13.2 Å². The van der Waals surface area contributed by atoms with E-state index in [0.717, 1.165) is 13.2 Å². The van der Waals surface area contributed by atoms with Gasteiger partial charge in [0.15, 0.2) is 0 Å². The maximum absolute atomic E-state index is 4.89. The van der Waals surface area contributed by atoms with Crippen LogP contribution in [0.25, 0.3) is 0 Å². The van der Waals surface area contributed by atoms with Gasteiger partial charge in [0.1, 0.15) is 25.7 Å². The molecule has 0 aromatic carbocycles. The topological polar surface area (TPSA) is 39.7 Å². The van der Waals surface area contributed by atoms with Crippen LogP contribution >= 0.6 is 35.3 Å². The summed E-state index contributed by atoms with van der Waals surface area (Å²) in [5.41, 5.74) is 0. The third-order valence-electron chi connectivity index (χ3n) is 6.03. The molecule has 5 heterocycles. The summed E-state index contributed by atoms with van der Waals surface area (Å²) in [5, 5.41) is 9.58. The van der Waals surface area contributed by atoms with E-state index in [1.807, 2.05) is 47.6 Å². The maximum Gasteiger partial charge on any atom is 0.121 e. The van der Waals surface area contributed by atoms with Gasteiger partial charge in [-0.05, 0) is 124 Å². The van der Waals surface area contributed by atoms with Gasteiger partial charge < -0.3 is 19.5 Å². The van der Waals surface area contributed by atoms with Crippen LogP contribution in [0.2, 0.25) is 0 Å². The van der Waals surface area contributed by atoms with Crippen LogP contribution in [0.15, 0.2) is 83.7 Å². The van der Waals surface area contributed by atoms with Crippen molar-refractivity contribution in [1.82, 2.24) is 5.32 Å². The molecule has 0 aromatic rings. The molecule has 7 aliphatic rings. The molecule has 0 atom stereocenters. The number of allylic oxidation sites excluding steroid dienone is 7. The lowest BCUT2D eigenvalue weighted by Gasteiger charge is -2.04. The van der Waals surface area contributed by atoms with E-state index in [1.165, 1.54) is 107 Å². The molecule has 0 amide bonds. The predicted octanol–water partition coefficient (Wildman–Crippen LogP) is 10.9. The Morgan fingerprint density at radius 1 is 0.405 bits per heavy atom. The van der Waals surface area contributed by atoms with Gasteiger partial charge in [0.05, 0.1) is 12.9 Å². The van der Waals surface area contributed by atoms with Crippen LogP contribution in [0.1, 0.15) is 89.9 Å². The highest BCUT2D eigenvalue weighted by molar-refractivity contribution is 8.08. The van der Waals surface area contributed by atoms with Crippen molar-refractivity contribution in [3.05, 3.63) is 83.7 Å². The molecule has 4 nitrogen and oxygen atoms in total. The standard InChI is InChI=1S/2C6H10.C5H9N.C5H8O.C5H8S.C4H6O2.C4H6S2/c5*1-2-4-6-5-3-1;2*1-2-6-4-3-5-1/h2*1-2H,3-6H2;2,4,6H,1,3,5H2;2*2,4H,1,3,5H2;2*1-2H,3-4H2. The Balaban J connectivity index is 0.000000245. The monoisotopic (exact) mass is 635 g/mol. The van der Waals surface area contributed by atoms with Crippen molar-refractivity contribution >= 4 is 35.3 Å². The van der Waals surface area contributed by atoms with Crippen molar-refractivity contribution in [1.29, 1.82) is 0 Å².